The fraction of sp³-hybridized carbons (Fsp3) is 0.357. The number of nitrogens with zero attached hydrogens (tertiary/aromatic N) is 1. The van der Waals surface area contributed by atoms with Gasteiger partial charge in [0.15, 0.2) is 11.5 Å². The first-order valence-corrected chi connectivity index (χ1v) is 7.36. The molecule has 3 rings (SSSR count). The Hall–Kier alpha value is -1.79. The second-order valence-electron chi connectivity index (χ2n) is 4.39. The van der Waals surface area contributed by atoms with Crippen LogP contribution in [0.5, 0.6) is 17.2 Å². The minimum absolute atomic E-state index is 0.245. The average molecular weight is 292 g/mol. The SMILES string of the molecule is CCc1nc(COc2cc3c(cc2CN)OCO3)cs1. The van der Waals surface area contributed by atoms with Crippen molar-refractivity contribution in [1.29, 1.82) is 0 Å². The van der Waals surface area contributed by atoms with Crippen LogP contribution in [-0.4, -0.2) is 11.8 Å². The van der Waals surface area contributed by atoms with Crippen LogP contribution in [0.1, 0.15) is 23.2 Å². The van der Waals surface area contributed by atoms with Crippen molar-refractivity contribution in [2.45, 2.75) is 26.5 Å². The molecule has 0 saturated carbocycles. The number of ether oxygens (including phenoxy) is 3. The van der Waals surface area contributed by atoms with Gasteiger partial charge in [-0.15, -0.1) is 11.3 Å². The monoisotopic (exact) mass is 292 g/mol. The van der Waals surface area contributed by atoms with Crippen LogP contribution in [0.4, 0.5) is 0 Å². The smallest absolute Gasteiger partial charge is 0.231 e. The highest BCUT2D eigenvalue weighted by Crippen LogP contribution is 2.38. The van der Waals surface area contributed by atoms with Gasteiger partial charge in [-0.05, 0) is 12.5 Å². The third-order valence-electron chi connectivity index (χ3n) is 3.05. The van der Waals surface area contributed by atoms with Gasteiger partial charge in [0.1, 0.15) is 12.4 Å². The maximum atomic E-state index is 5.83. The zero-order valence-corrected chi connectivity index (χ0v) is 12.0. The number of aryl methyl sites for hydroxylation is 1. The summed E-state index contributed by atoms with van der Waals surface area (Å²) in [4.78, 5) is 4.48. The minimum Gasteiger partial charge on any atom is -0.487 e. The molecule has 0 radical (unpaired) electrons. The maximum Gasteiger partial charge on any atom is 0.231 e. The maximum absolute atomic E-state index is 5.83. The number of benzene rings is 1. The summed E-state index contributed by atoms with van der Waals surface area (Å²) in [7, 11) is 0. The van der Waals surface area contributed by atoms with Crippen molar-refractivity contribution >= 4 is 11.3 Å². The molecule has 106 valence electrons. The summed E-state index contributed by atoms with van der Waals surface area (Å²) in [5.41, 5.74) is 7.59. The second-order valence-corrected chi connectivity index (χ2v) is 5.33. The number of aromatic nitrogens is 1. The van der Waals surface area contributed by atoms with E-state index >= 15 is 0 Å². The molecule has 1 aliphatic heterocycles. The molecule has 20 heavy (non-hydrogen) atoms. The molecule has 0 saturated heterocycles. The van der Waals surface area contributed by atoms with E-state index in [-0.39, 0.29) is 6.79 Å². The zero-order valence-electron chi connectivity index (χ0n) is 11.2. The van der Waals surface area contributed by atoms with Gasteiger partial charge < -0.3 is 19.9 Å². The Labute approximate surface area is 121 Å². The quantitative estimate of drug-likeness (QED) is 0.917. The standard InChI is InChI=1S/C14H16N2O3S/c1-2-14-16-10(7-20-14)6-17-11-4-13-12(18-8-19-13)3-9(11)5-15/h3-4,7H,2,5-6,8,15H2,1H3. The summed E-state index contributed by atoms with van der Waals surface area (Å²) in [6, 6.07) is 3.70. The van der Waals surface area contributed by atoms with Gasteiger partial charge in [-0.2, -0.15) is 0 Å². The Kier molecular flexibility index (Phi) is 3.75. The number of fused-ring (bicyclic) bond motifs is 1. The van der Waals surface area contributed by atoms with E-state index in [1.807, 2.05) is 17.5 Å². The molecule has 2 heterocycles. The lowest BCUT2D eigenvalue weighted by molar-refractivity contribution is 0.173. The summed E-state index contributed by atoms with van der Waals surface area (Å²) < 4.78 is 16.5. The largest absolute Gasteiger partial charge is 0.487 e. The molecule has 0 bridgehead atoms. The summed E-state index contributed by atoms with van der Waals surface area (Å²) >= 11 is 1.65. The molecular formula is C14H16N2O3S. The molecule has 6 heteroatoms. The second kappa shape index (κ2) is 5.68. The molecule has 0 spiro atoms. The van der Waals surface area contributed by atoms with Crippen LogP contribution in [0.2, 0.25) is 0 Å². The van der Waals surface area contributed by atoms with E-state index in [1.54, 1.807) is 11.3 Å². The van der Waals surface area contributed by atoms with Crippen LogP contribution < -0.4 is 19.9 Å². The molecule has 0 atom stereocenters. The highest BCUT2D eigenvalue weighted by Gasteiger charge is 2.17. The number of nitrogens with two attached hydrogens (primary N) is 1. The number of thiazole rings is 1. The van der Waals surface area contributed by atoms with E-state index in [2.05, 4.69) is 11.9 Å². The van der Waals surface area contributed by atoms with Crippen molar-refractivity contribution < 1.29 is 14.2 Å². The first kappa shape index (κ1) is 13.2. The van der Waals surface area contributed by atoms with Crippen LogP contribution in [0.3, 0.4) is 0 Å². The molecule has 1 aliphatic rings. The fourth-order valence-corrected chi connectivity index (χ4v) is 2.72. The molecule has 5 nitrogen and oxygen atoms in total. The van der Waals surface area contributed by atoms with Gasteiger partial charge in [-0.25, -0.2) is 4.98 Å². The van der Waals surface area contributed by atoms with Crippen LogP contribution in [0.15, 0.2) is 17.5 Å². The predicted molar refractivity (Wildman–Crippen MR) is 76.3 cm³/mol. The third kappa shape index (κ3) is 2.57. The van der Waals surface area contributed by atoms with Crippen molar-refractivity contribution in [1.82, 2.24) is 4.98 Å². The summed E-state index contributed by atoms with van der Waals surface area (Å²) in [6.45, 7) is 3.16. The minimum atomic E-state index is 0.245. The van der Waals surface area contributed by atoms with Gasteiger partial charge in [-0.3, -0.25) is 0 Å². The molecular weight excluding hydrogens is 276 g/mol. The van der Waals surface area contributed by atoms with E-state index in [1.165, 1.54) is 0 Å². The molecule has 2 aromatic rings. The summed E-state index contributed by atoms with van der Waals surface area (Å²) in [6.07, 6.45) is 0.947. The number of hydrogen-bond acceptors (Lipinski definition) is 6. The fourth-order valence-electron chi connectivity index (χ4n) is 1.99. The van der Waals surface area contributed by atoms with E-state index in [4.69, 9.17) is 19.9 Å². The van der Waals surface area contributed by atoms with E-state index in [9.17, 15) is 0 Å². The van der Waals surface area contributed by atoms with Gasteiger partial charge >= 0.3 is 0 Å². The molecule has 0 unspecified atom stereocenters. The topological polar surface area (TPSA) is 66.6 Å². The molecule has 0 aliphatic carbocycles. The Morgan fingerprint density at radius 3 is 2.85 bits per heavy atom. The van der Waals surface area contributed by atoms with Crippen LogP contribution in [0.25, 0.3) is 0 Å². The van der Waals surface area contributed by atoms with Gasteiger partial charge in [0.05, 0.1) is 10.7 Å². The first-order valence-electron chi connectivity index (χ1n) is 6.48. The third-order valence-corrected chi connectivity index (χ3v) is 4.09. The Bertz CT molecular complexity index is 612. The average Bonchev–Trinajstić information content (AvgIpc) is 3.12. The normalized spacial score (nSPS) is 12.7. The van der Waals surface area contributed by atoms with Crippen molar-refractivity contribution in [2.75, 3.05) is 6.79 Å². The highest BCUT2D eigenvalue weighted by molar-refractivity contribution is 7.09. The molecule has 0 fully saturated rings. The van der Waals surface area contributed by atoms with Gasteiger partial charge in [0, 0.05) is 23.6 Å². The predicted octanol–water partition coefficient (Wildman–Crippen LogP) is 2.47. The highest BCUT2D eigenvalue weighted by atomic mass is 32.1. The van der Waals surface area contributed by atoms with E-state index in [0.29, 0.717) is 18.9 Å². The van der Waals surface area contributed by atoms with Crippen LogP contribution >= 0.6 is 11.3 Å². The number of rotatable bonds is 5. The van der Waals surface area contributed by atoms with Gasteiger partial charge in [0.2, 0.25) is 6.79 Å². The van der Waals surface area contributed by atoms with E-state index < -0.39 is 0 Å². The van der Waals surface area contributed by atoms with E-state index in [0.717, 1.165) is 34.2 Å². The van der Waals surface area contributed by atoms with Gasteiger partial charge in [0.25, 0.3) is 0 Å². The Balaban J connectivity index is 1.76. The lowest BCUT2D eigenvalue weighted by atomic mass is 10.2. The Morgan fingerprint density at radius 2 is 2.15 bits per heavy atom. The molecule has 1 aromatic heterocycles. The number of hydrogen-bond donors (Lipinski definition) is 1. The van der Waals surface area contributed by atoms with Crippen molar-refractivity contribution in [3.63, 3.8) is 0 Å². The molecule has 2 N–H and O–H groups in total. The van der Waals surface area contributed by atoms with Crippen LogP contribution in [0, 0.1) is 0 Å². The molecule has 0 amide bonds. The van der Waals surface area contributed by atoms with Crippen molar-refractivity contribution in [2.24, 2.45) is 5.73 Å². The summed E-state index contributed by atoms with van der Waals surface area (Å²) in [5, 5.41) is 3.14. The lowest BCUT2D eigenvalue weighted by Gasteiger charge is -2.10. The van der Waals surface area contributed by atoms with Crippen molar-refractivity contribution in [3.05, 3.63) is 33.8 Å². The Morgan fingerprint density at radius 1 is 1.35 bits per heavy atom. The first-order chi connectivity index (χ1) is 9.80. The lowest BCUT2D eigenvalue weighted by Crippen LogP contribution is -2.03. The van der Waals surface area contributed by atoms with Gasteiger partial charge in [-0.1, -0.05) is 6.92 Å². The summed E-state index contributed by atoms with van der Waals surface area (Å²) in [5.74, 6) is 2.15. The molecule has 1 aromatic carbocycles. The zero-order chi connectivity index (χ0) is 13.9. The van der Waals surface area contributed by atoms with Crippen molar-refractivity contribution in [3.8, 4) is 17.2 Å². The van der Waals surface area contributed by atoms with Crippen LogP contribution in [-0.2, 0) is 19.6 Å².